The summed E-state index contributed by atoms with van der Waals surface area (Å²) in [6.45, 7) is 0.616. The summed E-state index contributed by atoms with van der Waals surface area (Å²) in [5.41, 5.74) is 2.36. The zero-order chi connectivity index (χ0) is 21.6. The molecule has 0 atom stereocenters. The van der Waals surface area contributed by atoms with Gasteiger partial charge in [-0.1, -0.05) is 30.3 Å². The Labute approximate surface area is 193 Å². The Bertz CT molecular complexity index is 1190. The van der Waals surface area contributed by atoms with Crippen molar-refractivity contribution in [3.63, 3.8) is 0 Å². The molecule has 0 spiro atoms. The molecule has 3 aromatic rings. The molecular formula is C24H17IN2O4. The summed E-state index contributed by atoms with van der Waals surface area (Å²) < 4.78 is 17.5. The van der Waals surface area contributed by atoms with E-state index >= 15 is 0 Å². The van der Waals surface area contributed by atoms with E-state index in [0.29, 0.717) is 23.8 Å². The first-order chi connectivity index (χ1) is 15.1. The predicted octanol–water partition coefficient (Wildman–Crippen LogP) is 5.14. The lowest BCUT2D eigenvalue weighted by molar-refractivity contribution is -0.112. The number of ether oxygens (including phenoxy) is 3. The summed E-state index contributed by atoms with van der Waals surface area (Å²) >= 11 is 2.17. The number of nitriles is 1. The van der Waals surface area contributed by atoms with Gasteiger partial charge in [-0.15, -0.1) is 0 Å². The lowest BCUT2D eigenvalue weighted by atomic mass is 10.1. The number of hydrogen-bond acceptors (Lipinski definition) is 5. The van der Waals surface area contributed by atoms with Gasteiger partial charge < -0.3 is 19.5 Å². The number of nitrogens with one attached hydrogen (secondary N) is 1. The molecule has 0 aromatic heterocycles. The third-order valence-corrected chi connectivity index (χ3v) is 5.34. The highest BCUT2D eigenvalue weighted by Crippen LogP contribution is 2.33. The SMILES string of the molecule is N#C/C(=C/c1ccc(OCc2ccc3c(c2)OCO3)c(I)c1)C(=O)Nc1ccccc1. The molecule has 0 fully saturated rings. The minimum atomic E-state index is -0.452. The molecule has 31 heavy (non-hydrogen) atoms. The fourth-order valence-corrected chi connectivity index (χ4v) is 3.65. The number of nitrogens with zero attached hydrogens (tertiary/aromatic N) is 1. The molecule has 3 aromatic carbocycles. The molecule has 0 saturated heterocycles. The maximum absolute atomic E-state index is 12.4. The highest BCUT2D eigenvalue weighted by Gasteiger charge is 2.14. The van der Waals surface area contributed by atoms with Gasteiger partial charge in [0, 0.05) is 5.69 Å². The van der Waals surface area contributed by atoms with Crippen LogP contribution in [0, 0.1) is 14.9 Å². The number of carbonyl (C=O) groups is 1. The zero-order valence-corrected chi connectivity index (χ0v) is 18.5. The third-order valence-electron chi connectivity index (χ3n) is 4.49. The van der Waals surface area contributed by atoms with Crippen LogP contribution >= 0.6 is 22.6 Å². The van der Waals surface area contributed by atoms with E-state index in [4.69, 9.17) is 14.2 Å². The van der Waals surface area contributed by atoms with Crippen LogP contribution in [0.25, 0.3) is 6.08 Å². The second kappa shape index (κ2) is 9.53. The quantitative estimate of drug-likeness (QED) is 0.274. The van der Waals surface area contributed by atoms with Crippen LogP contribution in [0.2, 0.25) is 0 Å². The lowest BCUT2D eigenvalue weighted by Crippen LogP contribution is -2.13. The molecule has 1 amide bonds. The summed E-state index contributed by atoms with van der Waals surface area (Å²) in [7, 11) is 0. The van der Waals surface area contributed by atoms with Crippen LogP contribution in [0.1, 0.15) is 11.1 Å². The molecule has 0 saturated carbocycles. The summed E-state index contributed by atoms with van der Waals surface area (Å²) in [5, 5.41) is 12.1. The van der Waals surface area contributed by atoms with Gasteiger partial charge in [0.15, 0.2) is 11.5 Å². The molecule has 4 rings (SSSR count). The van der Waals surface area contributed by atoms with Crippen molar-refractivity contribution in [2.24, 2.45) is 0 Å². The first-order valence-electron chi connectivity index (χ1n) is 9.41. The van der Waals surface area contributed by atoms with Gasteiger partial charge >= 0.3 is 0 Å². The minimum absolute atomic E-state index is 0.0219. The molecule has 154 valence electrons. The topological polar surface area (TPSA) is 80.6 Å². The second-order valence-electron chi connectivity index (χ2n) is 6.66. The molecule has 1 aliphatic rings. The number of fused-ring (bicyclic) bond motifs is 1. The lowest BCUT2D eigenvalue weighted by Gasteiger charge is -2.10. The van der Waals surface area contributed by atoms with E-state index in [-0.39, 0.29) is 12.4 Å². The van der Waals surface area contributed by atoms with E-state index in [1.165, 1.54) is 0 Å². The monoisotopic (exact) mass is 524 g/mol. The van der Waals surface area contributed by atoms with Gasteiger partial charge in [0.1, 0.15) is 24.0 Å². The molecular weight excluding hydrogens is 507 g/mol. The molecule has 0 unspecified atom stereocenters. The Morgan fingerprint density at radius 2 is 1.90 bits per heavy atom. The van der Waals surface area contributed by atoms with Crippen molar-refractivity contribution in [2.45, 2.75) is 6.61 Å². The number of benzene rings is 3. The van der Waals surface area contributed by atoms with Gasteiger partial charge in [-0.2, -0.15) is 5.26 Å². The van der Waals surface area contributed by atoms with Crippen molar-refractivity contribution in [3.8, 4) is 23.3 Å². The van der Waals surface area contributed by atoms with Gasteiger partial charge in [-0.3, -0.25) is 4.79 Å². The molecule has 0 bridgehead atoms. The molecule has 1 N–H and O–H groups in total. The van der Waals surface area contributed by atoms with E-state index in [2.05, 4.69) is 27.9 Å². The smallest absolute Gasteiger partial charge is 0.266 e. The maximum Gasteiger partial charge on any atom is 0.266 e. The van der Waals surface area contributed by atoms with Crippen molar-refractivity contribution in [2.75, 3.05) is 12.1 Å². The second-order valence-corrected chi connectivity index (χ2v) is 7.82. The highest BCUT2D eigenvalue weighted by molar-refractivity contribution is 14.1. The maximum atomic E-state index is 12.4. The van der Waals surface area contributed by atoms with Crippen molar-refractivity contribution >= 4 is 40.3 Å². The standard InChI is InChI=1S/C24H17IN2O4/c25-20-11-16(10-18(13-26)24(28)27-19-4-2-1-3-5-19)6-8-21(20)29-14-17-7-9-22-23(12-17)31-15-30-22/h1-12H,14-15H2,(H,27,28)/b18-10-. The molecule has 1 heterocycles. The largest absolute Gasteiger partial charge is 0.488 e. The summed E-state index contributed by atoms with van der Waals surface area (Å²) in [6, 6.07) is 22.2. The van der Waals surface area contributed by atoms with Crippen LogP contribution in [-0.4, -0.2) is 12.7 Å². The molecule has 1 aliphatic heterocycles. The van der Waals surface area contributed by atoms with Crippen LogP contribution in [-0.2, 0) is 11.4 Å². The first kappa shape index (κ1) is 20.8. The van der Waals surface area contributed by atoms with E-state index in [1.54, 1.807) is 18.2 Å². The number of carbonyl (C=O) groups excluding carboxylic acids is 1. The first-order valence-corrected chi connectivity index (χ1v) is 10.5. The van der Waals surface area contributed by atoms with Crippen LogP contribution in [0.5, 0.6) is 17.2 Å². The summed E-state index contributed by atoms with van der Waals surface area (Å²) in [6.07, 6.45) is 1.56. The van der Waals surface area contributed by atoms with Crippen molar-refractivity contribution in [3.05, 3.63) is 87.0 Å². The fraction of sp³-hybridized carbons (Fsp3) is 0.0833. The predicted molar refractivity (Wildman–Crippen MR) is 125 cm³/mol. The van der Waals surface area contributed by atoms with Crippen LogP contribution in [0.4, 0.5) is 5.69 Å². The third kappa shape index (κ3) is 5.16. The van der Waals surface area contributed by atoms with Crippen molar-refractivity contribution in [1.82, 2.24) is 0 Å². The average Bonchev–Trinajstić information content (AvgIpc) is 3.25. The Morgan fingerprint density at radius 3 is 2.68 bits per heavy atom. The van der Waals surface area contributed by atoms with E-state index < -0.39 is 5.91 Å². The number of anilines is 1. The van der Waals surface area contributed by atoms with Gasteiger partial charge in [-0.05, 0) is 76.2 Å². The Balaban J connectivity index is 1.43. The normalized spacial score (nSPS) is 12.2. The summed E-state index contributed by atoms with van der Waals surface area (Å²) in [5.74, 6) is 1.71. The summed E-state index contributed by atoms with van der Waals surface area (Å²) in [4.78, 5) is 12.4. The number of para-hydroxylation sites is 1. The van der Waals surface area contributed by atoms with E-state index in [1.807, 2.05) is 60.7 Å². The average molecular weight is 524 g/mol. The highest BCUT2D eigenvalue weighted by atomic mass is 127. The number of amides is 1. The Kier molecular flexibility index (Phi) is 6.38. The number of rotatable bonds is 6. The number of halogens is 1. The van der Waals surface area contributed by atoms with Crippen molar-refractivity contribution in [1.29, 1.82) is 5.26 Å². The van der Waals surface area contributed by atoms with Gasteiger partial charge in [0.2, 0.25) is 6.79 Å². The van der Waals surface area contributed by atoms with Gasteiger partial charge in [0.25, 0.3) is 5.91 Å². The van der Waals surface area contributed by atoms with Gasteiger partial charge in [0.05, 0.1) is 3.57 Å². The van der Waals surface area contributed by atoms with E-state index in [9.17, 15) is 10.1 Å². The van der Waals surface area contributed by atoms with Crippen LogP contribution in [0.3, 0.4) is 0 Å². The molecule has 0 radical (unpaired) electrons. The Hall–Kier alpha value is -3.51. The molecule has 6 nitrogen and oxygen atoms in total. The van der Waals surface area contributed by atoms with E-state index in [0.717, 1.165) is 20.4 Å². The van der Waals surface area contributed by atoms with Gasteiger partial charge in [-0.25, -0.2) is 0 Å². The minimum Gasteiger partial charge on any atom is -0.488 e. The zero-order valence-electron chi connectivity index (χ0n) is 16.3. The van der Waals surface area contributed by atoms with Crippen LogP contribution in [0.15, 0.2) is 72.3 Å². The Morgan fingerprint density at radius 1 is 1.10 bits per heavy atom. The van der Waals surface area contributed by atoms with Crippen molar-refractivity contribution < 1.29 is 19.0 Å². The molecule has 7 heteroatoms. The van der Waals surface area contributed by atoms with Crippen LogP contribution < -0.4 is 19.5 Å². The number of hydrogen-bond donors (Lipinski definition) is 1. The molecule has 0 aliphatic carbocycles. The fourth-order valence-electron chi connectivity index (χ4n) is 2.95.